The molecular formula is C34H49NO2P2. The summed E-state index contributed by atoms with van der Waals surface area (Å²) in [4.78, 5) is 16.0. The number of rotatable bonds is 7. The van der Waals surface area contributed by atoms with E-state index in [1.54, 1.807) is 0 Å². The quantitative estimate of drug-likeness (QED) is 0.315. The average Bonchev–Trinajstić information content (AvgIpc) is 3.36. The summed E-state index contributed by atoms with van der Waals surface area (Å²) in [7, 11) is -0.641. The Balaban J connectivity index is 1.45. The van der Waals surface area contributed by atoms with Crippen molar-refractivity contribution in [1.29, 1.82) is 0 Å². The third kappa shape index (κ3) is 7.65. The Kier molecular flexibility index (Phi) is 10.1. The van der Waals surface area contributed by atoms with Crippen LogP contribution in [0.15, 0.2) is 60.7 Å². The van der Waals surface area contributed by atoms with Crippen LogP contribution in [0.1, 0.15) is 91.4 Å². The van der Waals surface area contributed by atoms with E-state index in [4.69, 9.17) is 4.74 Å². The molecule has 0 radical (unpaired) electrons. The summed E-state index contributed by atoms with van der Waals surface area (Å²) in [6.45, 7) is 6.92. The molecule has 212 valence electrons. The Morgan fingerprint density at radius 3 is 1.72 bits per heavy atom. The summed E-state index contributed by atoms with van der Waals surface area (Å²) in [5.74, 6) is 0. The van der Waals surface area contributed by atoms with E-state index in [1.165, 1.54) is 74.8 Å². The average molecular weight is 566 g/mol. The fraction of sp³-hybridized carbons (Fsp3) is 0.618. The second-order valence-corrected chi connectivity index (χ2v) is 18.3. The maximum Gasteiger partial charge on any atom is 0.410 e. The van der Waals surface area contributed by atoms with E-state index in [0.29, 0.717) is 5.66 Å². The molecule has 2 atom stereocenters. The molecule has 0 spiro atoms. The first-order valence-electron chi connectivity index (χ1n) is 15.5. The maximum atomic E-state index is 13.8. The zero-order valence-electron chi connectivity index (χ0n) is 24.4. The second kappa shape index (κ2) is 13.5. The predicted molar refractivity (Wildman–Crippen MR) is 170 cm³/mol. The van der Waals surface area contributed by atoms with Crippen molar-refractivity contribution in [1.82, 2.24) is 4.90 Å². The third-order valence-corrected chi connectivity index (χ3v) is 15.5. The Hall–Kier alpha value is -1.43. The maximum absolute atomic E-state index is 13.8. The number of ether oxygens (including phenoxy) is 1. The van der Waals surface area contributed by atoms with Crippen LogP contribution in [0.25, 0.3) is 0 Å². The molecule has 0 aromatic heterocycles. The van der Waals surface area contributed by atoms with Gasteiger partial charge in [0.1, 0.15) is 5.60 Å². The zero-order valence-corrected chi connectivity index (χ0v) is 26.2. The zero-order chi connectivity index (χ0) is 27.2. The molecule has 2 aromatic carbocycles. The van der Waals surface area contributed by atoms with Crippen LogP contribution >= 0.6 is 15.8 Å². The fourth-order valence-electron chi connectivity index (χ4n) is 7.26. The molecule has 2 unspecified atom stereocenters. The van der Waals surface area contributed by atoms with E-state index in [-0.39, 0.29) is 20.1 Å². The standard InChI is InChI=1S/C34H49NO2P2/c1-34(2,3)37-33(36)35-25-32(39(30-20-12-6-13-21-30)31-22-14-7-15-23-31)24-27(35)26-38(28-16-8-4-9-17-28)29-18-10-5-11-19-29/h4-5,8-11,16-19,27,30-32H,6-7,12-15,20-26H2,1-3H3. The van der Waals surface area contributed by atoms with Crippen molar-refractivity contribution in [3.63, 3.8) is 0 Å². The van der Waals surface area contributed by atoms with Gasteiger partial charge in [0.25, 0.3) is 0 Å². The molecule has 0 N–H and O–H groups in total. The molecule has 1 heterocycles. The smallest absolute Gasteiger partial charge is 0.410 e. The summed E-state index contributed by atoms with van der Waals surface area (Å²) in [5.41, 5.74) is 2.00. The second-order valence-electron chi connectivity index (χ2n) is 13.0. The van der Waals surface area contributed by atoms with Crippen molar-refractivity contribution < 1.29 is 9.53 Å². The highest BCUT2D eigenvalue weighted by atomic mass is 31.1. The van der Waals surface area contributed by atoms with Gasteiger partial charge in [-0.05, 0) is 94.5 Å². The Morgan fingerprint density at radius 1 is 0.769 bits per heavy atom. The van der Waals surface area contributed by atoms with Gasteiger partial charge in [-0.25, -0.2) is 4.79 Å². The molecule has 2 aliphatic carbocycles. The van der Waals surface area contributed by atoms with Crippen LogP contribution in [0.5, 0.6) is 0 Å². The van der Waals surface area contributed by atoms with Crippen molar-refractivity contribution in [3.8, 4) is 0 Å². The molecule has 3 fully saturated rings. The Morgan fingerprint density at radius 2 is 1.26 bits per heavy atom. The van der Waals surface area contributed by atoms with Gasteiger partial charge in [-0.1, -0.05) is 107 Å². The number of hydrogen-bond donors (Lipinski definition) is 0. The highest BCUT2D eigenvalue weighted by molar-refractivity contribution is 7.73. The summed E-state index contributed by atoms with van der Waals surface area (Å²) in [5, 5.41) is 2.82. The van der Waals surface area contributed by atoms with Gasteiger partial charge < -0.3 is 9.64 Å². The summed E-state index contributed by atoms with van der Waals surface area (Å²) < 4.78 is 6.07. The highest BCUT2D eigenvalue weighted by Gasteiger charge is 2.45. The van der Waals surface area contributed by atoms with Crippen LogP contribution in [0.3, 0.4) is 0 Å². The number of likely N-dealkylation sites (tertiary alicyclic amines) is 1. The van der Waals surface area contributed by atoms with Crippen LogP contribution < -0.4 is 10.6 Å². The first-order valence-corrected chi connectivity index (χ1v) is 18.6. The molecule has 3 nitrogen and oxygen atoms in total. The minimum absolute atomic E-state index is 0.0850. The van der Waals surface area contributed by atoms with Crippen molar-refractivity contribution in [2.24, 2.45) is 0 Å². The van der Waals surface area contributed by atoms with E-state index >= 15 is 0 Å². The summed E-state index contributed by atoms with van der Waals surface area (Å²) in [6, 6.07) is 22.3. The van der Waals surface area contributed by atoms with E-state index in [1.807, 2.05) is 20.8 Å². The molecule has 2 saturated carbocycles. The molecule has 5 heteroatoms. The lowest BCUT2D eigenvalue weighted by molar-refractivity contribution is 0.0242. The number of hydrogen-bond acceptors (Lipinski definition) is 2. The van der Waals surface area contributed by atoms with Crippen LogP contribution in [0.4, 0.5) is 4.79 Å². The molecule has 0 bridgehead atoms. The lowest BCUT2D eigenvalue weighted by Crippen LogP contribution is -2.42. The van der Waals surface area contributed by atoms with Crippen molar-refractivity contribution >= 4 is 32.5 Å². The third-order valence-electron chi connectivity index (χ3n) is 8.96. The SMILES string of the molecule is CC(C)(C)OC(=O)N1CC(P(C2CCCCC2)C2CCCCC2)CC1CP(c1ccccc1)c1ccccc1. The van der Waals surface area contributed by atoms with Gasteiger partial charge in [0.2, 0.25) is 0 Å². The number of nitrogens with zero attached hydrogens (tertiary/aromatic N) is 1. The summed E-state index contributed by atoms with van der Waals surface area (Å²) >= 11 is 0. The van der Waals surface area contributed by atoms with Crippen LogP contribution in [-0.4, -0.2) is 52.3 Å². The van der Waals surface area contributed by atoms with Gasteiger partial charge in [-0.15, -0.1) is 0 Å². The first kappa shape index (κ1) is 29.1. The topological polar surface area (TPSA) is 29.5 Å². The van der Waals surface area contributed by atoms with Crippen molar-refractivity contribution in [3.05, 3.63) is 60.7 Å². The predicted octanol–water partition coefficient (Wildman–Crippen LogP) is 8.64. The van der Waals surface area contributed by atoms with Crippen LogP contribution in [0, 0.1) is 0 Å². The number of carbonyl (C=O) groups excluding carboxylic acids is 1. The number of carbonyl (C=O) groups is 1. The van der Waals surface area contributed by atoms with E-state index in [2.05, 4.69) is 65.6 Å². The van der Waals surface area contributed by atoms with E-state index in [0.717, 1.165) is 30.4 Å². The fourth-order valence-corrected chi connectivity index (χ4v) is 14.4. The molecule has 2 aromatic rings. The normalized spacial score (nSPS) is 23.5. The number of amides is 1. The lowest BCUT2D eigenvalue weighted by atomic mass is 9.99. The largest absolute Gasteiger partial charge is 0.444 e. The van der Waals surface area contributed by atoms with Gasteiger partial charge >= 0.3 is 6.09 Å². The molecule has 39 heavy (non-hydrogen) atoms. The molecular weight excluding hydrogens is 516 g/mol. The van der Waals surface area contributed by atoms with Gasteiger partial charge in [-0.2, -0.15) is 0 Å². The highest BCUT2D eigenvalue weighted by Crippen LogP contribution is 2.61. The van der Waals surface area contributed by atoms with Crippen LogP contribution in [-0.2, 0) is 4.74 Å². The minimum Gasteiger partial charge on any atom is -0.444 e. The first-order chi connectivity index (χ1) is 18.9. The molecule has 1 saturated heterocycles. The van der Waals surface area contributed by atoms with Gasteiger partial charge in [0, 0.05) is 12.6 Å². The molecule has 1 amide bonds. The summed E-state index contributed by atoms with van der Waals surface area (Å²) in [6.07, 6.45) is 16.3. The molecule has 5 rings (SSSR count). The van der Waals surface area contributed by atoms with Gasteiger partial charge in [-0.3, -0.25) is 0 Å². The monoisotopic (exact) mass is 565 g/mol. The minimum atomic E-state index is -0.556. The Bertz CT molecular complexity index is 971. The van der Waals surface area contributed by atoms with Gasteiger partial charge in [0.05, 0.1) is 0 Å². The van der Waals surface area contributed by atoms with E-state index in [9.17, 15) is 4.79 Å². The lowest BCUT2D eigenvalue weighted by Gasteiger charge is -2.42. The van der Waals surface area contributed by atoms with Crippen molar-refractivity contribution in [2.45, 2.75) is 120 Å². The molecule has 1 aliphatic heterocycles. The van der Waals surface area contributed by atoms with Crippen molar-refractivity contribution in [2.75, 3.05) is 12.7 Å². The number of benzene rings is 2. The van der Waals surface area contributed by atoms with E-state index < -0.39 is 13.5 Å². The molecule has 3 aliphatic rings. The van der Waals surface area contributed by atoms with Crippen LogP contribution in [0.2, 0.25) is 0 Å². The Labute approximate surface area is 240 Å². The van der Waals surface area contributed by atoms with Gasteiger partial charge in [0.15, 0.2) is 0 Å².